The zero-order valence-corrected chi connectivity index (χ0v) is 11.1. The molecule has 19 heavy (non-hydrogen) atoms. The molecule has 0 saturated carbocycles. The number of anilines is 1. The van der Waals surface area contributed by atoms with Crippen LogP contribution < -0.4 is 5.32 Å². The molecule has 1 N–H and O–H groups in total. The van der Waals surface area contributed by atoms with Gasteiger partial charge in [0.1, 0.15) is 0 Å². The van der Waals surface area contributed by atoms with Gasteiger partial charge in [-0.05, 0) is 26.0 Å². The summed E-state index contributed by atoms with van der Waals surface area (Å²) in [6, 6.07) is 6.38. The normalized spacial score (nSPS) is 10.9. The second-order valence-corrected chi connectivity index (χ2v) is 4.97. The van der Waals surface area contributed by atoms with Crippen LogP contribution in [0.2, 0.25) is 0 Å². The maximum absolute atomic E-state index is 12.2. The first-order valence-electron chi connectivity index (χ1n) is 5.76. The summed E-state index contributed by atoms with van der Waals surface area (Å²) in [6.45, 7) is 3.99. The molecule has 0 atom stereocenters. The van der Waals surface area contributed by atoms with Crippen molar-refractivity contribution in [3.05, 3.63) is 39.9 Å². The van der Waals surface area contributed by atoms with Crippen LogP contribution in [0.3, 0.4) is 0 Å². The molecule has 0 unspecified atom stereocenters. The highest BCUT2D eigenvalue weighted by Crippen LogP contribution is 2.23. The van der Waals surface area contributed by atoms with Crippen molar-refractivity contribution in [2.45, 2.75) is 20.8 Å². The van der Waals surface area contributed by atoms with Gasteiger partial charge in [0, 0.05) is 23.1 Å². The van der Waals surface area contributed by atoms with Crippen LogP contribution in [0.4, 0.5) is 5.69 Å². The van der Waals surface area contributed by atoms with Crippen LogP contribution in [-0.4, -0.2) is 23.2 Å². The largest absolute Gasteiger partial charge is 0.326 e. The number of ketones is 1. The molecular weight excluding hydrogens is 248 g/mol. The third-order valence-electron chi connectivity index (χ3n) is 2.58. The van der Waals surface area contributed by atoms with E-state index in [1.807, 2.05) is 0 Å². The summed E-state index contributed by atoms with van der Waals surface area (Å²) in [5.41, 5.74) is -0.244. The summed E-state index contributed by atoms with van der Waals surface area (Å²) in [5, 5.41) is 13.1. The van der Waals surface area contributed by atoms with Gasteiger partial charge in [-0.3, -0.25) is 19.7 Å². The van der Waals surface area contributed by atoms with Gasteiger partial charge in [-0.15, -0.1) is 0 Å². The van der Waals surface area contributed by atoms with Gasteiger partial charge in [-0.2, -0.15) is 0 Å². The van der Waals surface area contributed by atoms with E-state index in [1.54, 1.807) is 18.2 Å². The number of carbonyl (C=O) groups is 2. The Hall–Kier alpha value is -2.24. The second kappa shape index (κ2) is 5.60. The molecule has 1 aromatic carbocycles. The molecule has 0 aliphatic rings. The molecule has 0 aromatic heterocycles. The molecule has 6 heteroatoms. The smallest absolute Gasteiger partial charge is 0.221 e. The monoisotopic (exact) mass is 264 g/mol. The van der Waals surface area contributed by atoms with Gasteiger partial charge >= 0.3 is 0 Å². The Balaban J connectivity index is 2.99. The minimum atomic E-state index is -1.08. The number of hydrogen-bond acceptors (Lipinski definition) is 4. The van der Waals surface area contributed by atoms with Gasteiger partial charge in [-0.1, -0.05) is 12.1 Å². The van der Waals surface area contributed by atoms with Crippen LogP contribution in [0, 0.1) is 15.5 Å². The Morgan fingerprint density at radius 2 is 2.00 bits per heavy atom. The van der Waals surface area contributed by atoms with Gasteiger partial charge in [-0.25, -0.2) is 0 Å². The van der Waals surface area contributed by atoms with E-state index >= 15 is 0 Å². The van der Waals surface area contributed by atoms with E-state index < -0.39 is 16.9 Å². The minimum absolute atomic E-state index is 0.242. The molecule has 0 spiro atoms. The Bertz CT molecular complexity index is 523. The Morgan fingerprint density at radius 1 is 1.37 bits per heavy atom. The number of nitro groups is 1. The fourth-order valence-corrected chi connectivity index (χ4v) is 1.73. The van der Waals surface area contributed by atoms with E-state index in [1.165, 1.54) is 26.8 Å². The molecule has 6 nitrogen and oxygen atoms in total. The van der Waals surface area contributed by atoms with Crippen LogP contribution in [0.5, 0.6) is 0 Å². The maximum Gasteiger partial charge on any atom is 0.221 e. The van der Waals surface area contributed by atoms with Gasteiger partial charge in [0.05, 0.1) is 5.41 Å². The third kappa shape index (κ3) is 4.17. The topological polar surface area (TPSA) is 89.3 Å². The van der Waals surface area contributed by atoms with Gasteiger partial charge in [0.2, 0.25) is 12.5 Å². The molecule has 102 valence electrons. The zero-order valence-electron chi connectivity index (χ0n) is 11.1. The average molecular weight is 264 g/mol. The SMILES string of the molecule is CC(=O)Nc1cccc(C(=O)C(C)(C)C[N+](=O)[O-])c1. The van der Waals surface area contributed by atoms with E-state index in [0.717, 1.165) is 0 Å². The standard InChI is InChI=1S/C13H16N2O4/c1-9(16)14-11-6-4-5-10(7-11)12(17)13(2,3)8-15(18)19/h4-7H,8H2,1-3H3,(H,14,16). The van der Waals surface area contributed by atoms with E-state index in [-0.39, 0.29) is 11.7 Å². The first-order valence-corrected chi connectivity index (χ1v) is 5.76. The van der Waals surface area contributed by atoms with E-state index in [0.29, 0.717) is 11.3 Å². The number of benzene rings is 1. The molecule has 0 aliphatic carbocycles. The highest BCUT2D eigenvalue weighted by Gasteiger charge is 2.34. The van der Waals surface area contributed by atoms with Crippen LogP contribution >= 0.6 is 0 Å². The maximum atomic E-state index is 12.2. The first-order chi connectivity index (χ1) is 8.72. The van der Waals surface area contributed by atoms with Crippen LogP contribution in [0.25, 0.3) is 0 Å². The van der Waals surface area contributed by atoms with Crippen LogP contribution in [-0.2, 0) is 4.79 Å². The number of hydrogen-bond donors (Lipinski definition) is 1. The highest BCUT2D eigenvalue weighted by molar-refractivity contribution is 6.01. The Labute approximate surface area is 111 Å². The number of nitrogens with zero attached hydrogens (tertiary/aromatic N) is 1. The Kier molecular flexibility index (Phi) is 4.37. The van der Waals surface area contributed by atoms with Crippen molar-refractivity contribution in [2.75, 3.05) is 11.9 Å². The average Bonchev–Trinajstić information content (AvgIpc) is 2.25. The molecule has 0 bridgehead atoms. The van der Waals surface area contributed by atoms with Crippen molar-refractivity contribution < 1.29 is 14.5 Å². The number of amides is 1. The van der Waals surface area contributed by atoms with Crippen LogP contribution in [0.15, 0.2) is 24.3 Å². The van der Waals surface area contributed by atoms with Crippen molar-refractivity contribution in [2.24, 2.45) is 5.41 Å². The lowest BCUT2D eigenvalue weighted by molar-refractivity contribution is -0.491. The summed E-state index contributed by atoms with van der Waals surface area (Å²) < 4.78 is 0. The fourth-order valence-electron chi connectivity index (χ4n) is 1.73. The van der Waals surface area contributed by atoms with Crippen molar-refractivity contribution in [3.63, 3.8) is 0 Å². The van der Waals surface area contributed by atoms with Crippen LogP contribution in [0.1, 0.15) is 31.1 Å². The van der Waals surface area contributed by atoms with Crippen molar-refractivity contribution in [1.29, 1.82) is 0 Å². The third-order valence-corrected chi connectivity index (χ3v) is 2.58. The van der Waals surface area contributed by atoms with Crippen molar-refractivity contribution >= 4 is 17.4 Å². The lowest BCUT2D eigenvalue weighted by Gasteiger charge is -2.18. The Morgan fingerprint density at radius 3 is 2.53 bits per heavy atom. The molecular formula is C13H16N2O4. The summed E-state index contributed by atoms with van der Waals surface area (Å²) in [6.07, 6.45) is 0. The molecule has 1 rings (SSSR count). The minimum Gasteiger partial charge on any atom is -0.326 e. The van der Waals surface area contributed by atoms with Crippen molar-refractivity contribution in [1.82, 2.24) is 0 Å². The predicted molar refractivity (Wildman–Crippen MR) is 70.7 cm³/mol. The molecule has 0 fully saturated rings. The summed E-state index contributed by atoms with van der Waals surface area (Å²) in [5.74, 6) is -0.564. The van der Waals surface area contributed by atoms with E-state index in [2.05, 4.69) is 5.32 Å². The number of rotatable bonds is 5. The van der Waals surface area contributed by atoms with E-state index in [4.69, 9.17) is 0 Å². The van der Waals surface area contributed by atoms with Gasteiger partial charge in [0.25, 0.3) is 0 Å². The van der Waals surface area contributed by atoms with E-state index in [9.17, 15) is 19.7 Å². The molecule has 1 aromatic rings. The van der Waals surface area contributed by atoms with Gasteiger partial charge < -0.3 is 5.32 Å². The number of carbonyl (C=O) groups excluding carboxylic acids is 2. The summed E-state index contributed by atoms with van der Waals surface area (Å²) in [4.78, 5) is 33.2. The molecule has 1 amide bonds. The molecule has 0 radical (unpaired) electrons. The van der Waals surface area contributed by atoms with Gasteiger partial charge in [0.15, 0.2) is 5.78 Å². The van der Waals surface area contributed by atoms with Crippen molar-refractivity contribution in [3.8, 4) is 0 Å². The lowest BCUT2D eigenvalue weighted by atomic mass is 9.84. The molecule has 0 aliphatic heterocycles. The first kappa shape index (κ1) is 14.8. The molecule has 0 saturated heterocycles. The zero-order chi connectivity index (χ0) is 14.6. The number of Topliss-reactive ketones (excluding diaryl/α,β-unsaturated/α-hetero) is 1. The lowest BCUT2D eigenvalue weighted by Crippen LogP contribution is -2.32. The predicted octanol–water partition coefficient (Wildman–Crippen LogP) is 2.13. The molecule has 0 heterocycles. The fraction of sp³-hybridized carbons (Fsp3) is 0.385. The quantitative estimate of drug-likeness (QED) is 0.501. The number of nitrogens with one attached hydrogen (secondary N) is 1. The summed E-state index contributed by atoms with van der Waals surface area (Å²) >= 11 is 0. The second-order valence-electron chi connectivity index (χ2n) is 4.97. The summed E-state index contributed by atoms with van der Waals surface area (Å²) in [7, 11) is 0. The highest BCUT2D eigenvalue weighted by atomic mass is 16.6.